The Kier molecular flexibility index (Phi) is 7.05. The normalized spacial score (nSPS) is 17.7. The van der Waals surface area contributed by atoms with Gasteiger partial charge < -0.3 is 29.1 Å². The van der Waals surface area contributed by atoms with Gasteiger partial charge in [0.1, 0.15) is 23.0 Å². The van der Waals surface area contributed by atoms with Gasteiger partial charge in [-0.2, -0.15) is 0 Å². The number of likely N-dealkylation sites (tertiary alicyclic amines) is 1. The second-order valence-electron chi connectivity index (χ2n) is 7.63. The van der Waals surface area contributed by atoms with Crippen molar-refractivity contribution in [1.29, 1.82) is 0 Å². The van der Waals surface area contributed by atoms with Crippen LogP contribution in [0.25, 0.3) is 5.76 Å². The molecule has 170 valence electrons. The average molecular weight is 440 g/mol. The Morgan fingerprint density at radius 1 is 0.969 bits per heavy atom. The van der Waals surface area contributed by atoms with E-state index in [1.807, 2.05) is 19.0 Å². The van der Waals surface area contributed by atoms with E-state index in [0.717, 1.165) is 0 Å². The van der Waals surface area contributed by atoms with Gasteiger partial charge in [0.15, 0.2) is 0 Å². The van der Waals surface area contributed by atoms with Crippen LogP contribution in [0.1, 0.15) is 17.2 Å². The molecule has 1 saturated heterocycles. The lowest BCUT2D eigenvalue weighted by Gasteiger charge is -2.28. The van der Waals surface area contributed by atoms with E-state index in [9.17, 15) is 14.7 Å². The summed E-state index contributed by atoms with van der Waals surface area (Å²) in [5.74, 6) is -0.0346. The molecule has 0 spiro atoms. The maximum Gasteiger partial charge on any atom is 0.295 e. The maximum absolute atomic E-state index is 13.1. The molecule has 1 N–H and O–H groups in total. The quantitative estimate of drug-likeness (QED) is 0.384. The summed E-state index contributed by atoms with van der Waals surface area (Å²) in [6, 6.07) is 11.0. The van der Waals surface area contributed by atoms with E-state index in [-0.39, 0.29) is 11.3 Å². The molecule has 1 heterocycles. The van der Waals surface area contributed by atoms with E-state index in [1.165, 1.54) is 19.1 Å². The minimum Gasteiger partial charge on any atom is -0.507 e. The molecular formula is C24H28N2O6. The van der Waals surface area contributed by atoms with Crippen molar-refractivity contribution >= 4 is 17.4 Å². The van der Waals surface area contributed by atoms with Crippen molar-refractivity contribution in [3.8, 4) is 17.2 Å². The van der Waals surface area contributed by atoms with Gasteiger partial charge in [0.25, 0.3) is 11.7 Å². The summed E-state index contributed by atoms with van der Waals surface area (Å²) in [4.78, 5) is 29.5. The van der Waals surface area contributed by atoms with E-state index in [2.05, 4.69) is 0 Å². The first kappa shape index (κ1) is 23.1. The maximum atomic E-state index is 13.1. The molecule has 8 heteroatoms. The van der Waals surface area contributed by atoms with E-state index in [4.69, 9.17) is 14.2 Å². The number of likely N-dealkylation sites (N-methyl/N-ethyl adjacent to an activating group) is 1. The van der Waals surface area contributed by atoms with E-state index < -0.39 is 17.7 Å². The number of amides is 1. The Balaban J connectivity index is 2.21. The van der Waals surface area contributed by atoms with Gasteiger partial charge in [-0.3, -0.25) is 9.59 Å². The number of methoxy groups -OCH3 is 3. The molecule has 0 aliphatic carbocycles. The Bertz CT molecular complexity index is 1030. The molecule has 1 atom stereocenters. The van der Waals surface area contributed by atoms with E-state index in [1.54, 1.807) is 49.6 Å². The van der Waals surface area contributed by atoms with Gasteiger partial charge >= 0.3 is 0 Å². The van der Waals surface area contributed by atoms with Crippen molar-refractivity contribution in [2.45, 2.75) is 6.04 Å². The topological polar surface area (TPSA) is 88.5 Å². The summed E-state index contributed by atoms with van der Waals surface area (Å²) in [6.45, 7) is 0.834. The summed E-state index contributed by atoms with van der Waals surface area (Å²) >= 11 is 0. The molecule has 8 nitrogen and oxygen atoms in total. The molecular weight excluding hydrogens is 412 g/mol. The minimum atomic E-state index is -0.831. The highest BCUT2D eigenvalue weighted by Gasteiger charge is 2.47. The van der Waals surface area contributed by atoms with Crippen molar-refractivity contribution < 1.29 is 28.9 Å². The summed E-state index contributed by atoms with van der Waals surface area (Å²) in [5, 5.41) is 11.1. The van der Waals surface area contributed by atoms with Gasteiger partial charge in [-0.1, -0.05) is 0 Å². The van der Waals surface area contributed by atoms with Crippen LogP contribution in [-0.4, -0.2) is 75.1 Å². The number of ketones is 1. The van der Waals surface area contributed by atoms with Crippen molar-refractivity contribution in [3.63, 3.8) is 0 Å². The monoisotopic (exact) mass is 440 g/mol. The molecule has 32 heavy (non-hydrogen) atoms. The zero-order valence-electron chi connectivity index (χ0n) is 18.9. The summed E-state index contributed by atoms with van der Waals surface area (Å²) in [7, 11) is 8.36. The number of hydrogen-bond acceptors (Lipinski definition) is 7. The van der Waals surface area contributed by atoms with Crippen LogP contribution in [0.2, 0.25) is 0 Å². The number of rotatable bonds is 8. The summed E-state index contributed by atoms with van der Waals surface area (Å²) < 4.78 is 16.1. The van der Waals surface area contributed by atoms with Gasteiger partial charge in [0, 0.05) is 24.2 Å². The van der Waals surface area contributed by atoms with E-state index >= 15 is 0 Å². The van der Waals surface area contributed by atoms with Crippen LogP contribution in [0.5, 0.6) is 17.2 Å². The summed E-state index contributed by atoms with van der Waals surface area (Å²) in [6.07, 6.45) is 0. The molecule has 1 fully saturated rings. The number of aliphatic hydroxyl groups excluding tert-OH is 1. The standard InChI is InChI=1S/C24H28N2O6/c1-25(2)12-13-26-21(18-14-17(31-4)10-11-19(18)32-5)20(23(28)24(26)29)22(27)15-6-8-16(30-3)9-7-15/h6-11,14,21,27H,12-13H2,1-5H3/t21-/m0/s1. The van der Waals surface area contributed by atoms with Crippen molar-refractivity contribution in [2.75, 3.05) is 48.5 Å². The third-order valence-corrected chi connectivity index (χ3v) is 5.42. The third-order valence-electron chi connectivity index (χ3n) is 5.42. The lowest BCUT2D eigenvalue weighted by Crippen LogP contribution is -2.35. The number of carbonyl (C=O) groups is 2. The third kappa shape index (κ3) is 4.40. The molecule has 0 unspecified atom stereocenters. The Hall–Kier alpha value is -3.52. The van der Waals surface area contributed by atoms with Crippen molar-refractivity contribution in [2.24, 2.45) is 0 Å². The van der Waals surface area contributed by atoms with Gasteiger partial charge in [0.2, 0.25) is 0 Å². The first-order valence-electron chi connectivity index (χ1n) is 10.1. The average Bonchev–Trinajstić information content (AvgIpc) is 3.06. The van der Waals surface area contributed by atoms with Gasteiger partial charge in [-0.15, -0.1) is 0 Å². The second kappa shape index (κ2) is 9.74. The number of Topliss-reactive ketones (excluding diaryl/α,β-unsaturated/α-hetero) is 1. The molecule has 1 aliphatic rings. The van der Waals surface area contributed by atoms with Gasteiger partial charge in [-0.05, 0) is 56.6 Å². The van der Waals surface area contributed by atoms with E-state index in [0.29, 0.717) is 41.5 Å². The molecule has 1 aliphatic heterocycles. The Morgan fingerprint density at radius 3 is 2.16 bits per heavy atom. The molecule has 1 amide bonds. The largest absolute Gasteiger partial charge is 0.507 e. The van der Waals surface area contributed by atoms with Crippen LogP contribution in [0.3, 0.4) is 0 Å². The predicted molar refractivity (Wildman–Crippen MR) is 120 cm³/mol. The number of hydrogen-bond donors (Lipinski definition) is 1. The second-order valence-corrected chi connectivity index (χ2v) is 7.63. The Labute approximate surface area is 187 Å². The van der Waals surface area contributed by atoms with Gasteiger partial charge in [0.05, 0.1) is 32.9 Å². The fraction of sp³-hybridized carbons (Fsp3) is 0.333. The Morgan fingerprint density at radius 2 is 1.59 bits per heavy atom. The lowest BCUT2D eigenvalue weighted by molar-refractivity contribution is -0.140. The molecule has 2 aromatic rings. The molecule has 0 bridgehead atoms. The van der Waals surface area contributed by atoms with Crippen LogP contribution in [0.4, 0.5) is 0 Å². The molecule has 2 aromatic carbocycles. The molecule has 0 aromatic heterocycles. The molecule has 0 radical (unpaired) electrons. The molecule has 0 saturated carbocycles. The first-order valence-corrected chi connectivity index (χ1v) is 10.1. The van der Waals surface area contributed by atoms with Crippen LogP contribution >= 0.6 is 0 Å². The number of carbonyl (C=O) groups excluding carboxylic acids is 2. The SMILES string of the molecule is COc1ccc(C(O)=C2C(=O)C(=O)N(CCN(C)C)[C@H]2c2cc(OC)ccc2OC)cc1. The van der Waals surface area contributed by atoms with Crippen molar-refractivity contribution in [1.82, 2.24) is 9.80 Å². The summed E-state index contributed by atoms with van der Waals surface area (Å²) in [5.41, 5.74) is 0.966. The fourth-order valence-corrected chi connectivity index (χ4v) is 3.70. The number of aliphatic hydroxyl groups is 1. The minimum absolute atomic E-state index is 0.00507. The van der Waals surface area contributed by atoms with Crippen molar-refractivity contribution in [3.05, 3.63) is 59.2 Å². The number of benzene rings is 2. The van der Waals surface area contributed by atoms with Crippen LogP contribution < -0.4 is 14.2 Å². The highest BCUT2D eigenvalue weighted by molar-refractivity contribution is 6.46. The zero-order valence-corrected chi connectivity index (χ0v) is 18.9. The zero-order chi connectivity index (χ0) is 23.4. The highest BCUT2D eigenvalue weighted by atomic mass is 16.5. The molecule has 3 rings (SSSR count). The number of ether oxygens (including phenoxy) is 3. The van der Waals surface area contributed by atoms with Gasteiger partial charge in [-0.25, -0.2) is 0 Å². The highest BCUT2D eigenvalue weighted by Crippen LogP contribution is 2.43. The smallest absolute Gasteiger partial charge is 0.295 e. The van der Waals surface area contributed by atoms with Crippen LogP contribution in [0, 0.1) is 0 Å². The predicted octanol–water partition coefficient (Wildman–Crippen LogP) is 2.70. The van der Waals surface area contributed by atoms with Crippen LogP contribution in [-0.2, 0) is 9.59 Å². The van der Waals surface area contributed by atoms with Crippen LogP contribution in [0.15, 0.2) is 48.0 Å². The lowest BCUT2D eigenvalue weighted by atomic mass is 9.94. The fourth-order valence-electron chi connectivity index (χ4n) is 3.70. The first-order chi connectivity index (χ1) is 15.3. The number of nitrogens with zero attached hydrogens (tertiary/aromatic N) is 2.